The molecule has 3 atom stereocenters. The molecule has 0 saturated carbocycles. The van der Waals surface area contributed by atoms with Crippen LogP contribution in [0.1, 0.15) is 25.7 Å². The number of nitrogens with zero attached hydrogens (tertiary/aromatic N) is 1. The van der Waals surface area contributed by atoms with Crippen molar-refractivity contribution in [3.05, 3.63) is 0 Å². The Hall–Kier alpha value is -1.10. The zero-order valence-corrected chi connectivity index (χ0v) is 7.73. The Balaban J connectivity index is 1.94. The number of aliphatic imine (C=N–C) groups is 1. The third-order valence-corrected chi connectivity index (χ3v) is 3.33. The lowest BCUT2D eigenvalue weighted by Crippen LogP contribution is -2.51. The fourth-order valence-electron chi connectivity index (χ4n) is 2.61. The molecule has 2 saturated heterocycles. The van der Waals surface area contributed by atoms with Gasteiger partial charge in [-0.2, -0.15) is 4.99 Å². The van der Waals surface area contributed by atoms with Crippen LogP contribution in [0.25, 0.3) is 0 Å². The molecule has 1 spiro atoms. The first-order valence-electron chi connectivity index (χ1n) is 4.94. The number of nitrogens with two attached hydrogens (primary N) is 1. The first kappa shape index (κ1) is 8.23. The van der Waals surface area contributed by atoms with E-state index in [2.05, 4.69) is 4.99 Å². The zero-order chi connectivity index (χ0) is 9.76. The van der Waals surface area contributed by atoms with Gasteiger partial charge in [-0.1, -0.05) is 0 Å². The molecule has 3 unspecified atom stereocenters. The van der Waals surface area contributed by atoms with Crippen LogP contribution in [0.3, 0.4) is 0 Å². The molecular formula is C9H12N2O3. The summed E-state index contributed by atoms with van der Waals surface area (Å²) in [5, 5.41) is 0. The van der Waals surface area contributed by atoms with Crippen molar-refractivity contribution in [3.8, 4) is 0 Å². The smallest absolute Gasteiger partial charge is 0.297 e. The summed E-state index contributed by atoms with van der Waals surface area (Å²) in [6.07, 6.45) is 3.61. The van der Waals surface area contributed by atoms with Gasteiger partial charge >= 0.3 is 0 Å². The molecule has 3 aliphatic rings. The monoisotopic (exact) mass is 196 g/mol. The van der Waals surface area contributed by atoms with Gasteiger partial charge in [0.25, 0.3) is 11.9 Å². The van der Waals surface area contributed by atoms with Crippen LogP contribution >= 0.6 is 0 Å². The van der Waals surface area contributed by atoms with E-state index in [1.165, 1.54) is 0 Å². The zero-order valence-electron chi connectivity index (χ0n) is 7.73. The van der Waals surface area contributed by atoms with Gasteiger partial charge in [0.15, 0.2) is 0 Å². The molecule has 5 heteroatoms. The summed E-state index contributed by atoms with van der Waals surface area (Å²) in [5.41, 5.74) is 4.53. The minimum absolute atomic E-state index is 0.0102. The molecule has 1 amide bonds. The molecule has 3 rings (SSSR count). The molecule has 2 fully saturated rings. The van der Waals surface area contributed by atoms with Crippen molar-refractivity contribution in [3.63, 3.8) is 0 Å². The first-order chi connectivity index (χ1) is 6.71. The molecule has 0 aromatic heterocycles. The van der Waals surface area contributed by atoms with Crippen molar-refractivity contribution in [1.82, 2.24) is 0 Å². The summed E-state index contributed by atoms with van der Waals surface area (Å²) < 4.78 is 11.1. The Labute approximate surface area is 81.3 Å². The Morgan fingerprint density at radius 1 is 1.43 bits per heavy atom. The van der Waals surface area contributed by atoms with Gasteiger partial charge in [0.2, 0.25) is 5.60 Å². The van der Waals surface area contributed by atoms with Crippen molar-refractivity contribution < 1.29 is 14.3 Å². The maximum Gasteiger partial charge on any atom is 0.297 e. The quantitative estimate of drug-likeness (QED) is 0.589. The van der Waals surface area contributed by atoms with Crippen LogP contribution in [0.15, 0.2) is 4.99 Å². The Morgan fingerprint density at radius 3 is 3.00 bits per heavy atom. The molecule has 5 nitrogen and oxygen atoms in total. The number of hydrogen-bond donors (Lipinski definition) is 1. The van der Waals surface area contributed by atoms with Gasteiger partial charge in [0, 0.05) is 6.42 Å². The van der Waals surface area contributed by atoms with Crippen molar-refractivity contribution in [2.75, 3.05) is 0 Å². The molecule has 3 heterocycles. The molecule has 0 aromatic rings. The molecule has 0 radical (unpaired) electrons. The fraction of sp³-hybridized carbons (Fsp3) is 0.778. The number of rotatable bonds is 0. The maximum atomic E-state index is 11.7. The van der Waals surface area contributed by atoms with Crippen LogP contribution < -0.4 is 5.73 Å². The van der Waals surface area contributed by atoms with E-state index in [1.54, 1.807) is 0 Å². The van der Waals surface area contributed by atoms with Crippen molar-refractivity contribution in [1.29, 1.82) is 0 Å². The lowest BCUT2D eigenvalue weighted by Gasteiger charge is -2.35. The van der Waals surface area contributed by atoms with Gasteiger partial charge in [0.05, 0.1) is 6.10 Å². The Kier molecular flexibility index (Phi) is 1.45. The highest BCUT2D eigenvalue weighted by Crippen LogP contribution is 2.43. The predicted molar refractivity (Wildman–Crippen MR) is 47.6 cm³/mol. The number of ether oxygens (including phenoxy) is 2. The largest absolute Gasteiger partial charge is 0.445 e. The molecule has 76 valence electrons. The van der Waals surface area contributed by atoms with E-state index in [9.17, 15) is 4.79 Å². The summed E-state index contributed by atoms with van der Waals surface area (Å²) in [6.45, 7) is 0. The second-order valence-corrected chi connectivity index (χ2v) is 4.11. The standard InChI is InChI=1S/C9H12N2O3/c10-8-11-7(12)9(14-8)4-3-5-1-2-6(9)13-5/h5-6H,1-4H2,(H2,10,11,12). The van der Waals surface area contributed by atoms with Crippen molar-refractivity contribution >= 4 is 11.9 Å². The summed E-state index contributed by atoms with van der Waals surface area (Å²) in [5.74, 6) is -0.264. The highest BCUT2D eigenvalue weighted by Gasteiger charge is 2.58. The first-order valence-corrected chi connectivity index (χ1v) is 4.94. The van der Waals surface area contributed by atoms with E-state index in [0.717, 1.165) is 19.3 Å². The molecule has 3 aliphatic heterocycles. The number of hydrogen-bond acceptors (Lipinski definition) is 4. The second kappa shape index (κ2) is 2.48. The van der Waals surface area contributed by atoms with E-state index in [0.29, 0.717) is 12.5 Å². The van der Waals surface area contributed by atoms with Crippen molar-refractivity contribution in [2.45, 2.75) is 43.5 Å². The van der Waals surface area contributed by atoms with E-state index in [4.69, 9.17) is 15.2 Å². The molecule has 0 aromatic carbocycles. The van der Waals surface area contributed by atoms with E-state index < -0.39 is 5.60 Å². The predicted octanol–water partition coefficient (Wildman–Crippen LogP) is -0.0619. The molecule has 14 heavy (non-hydrogen) atoms. The summed E-state index contributed by atoms with van der Waals surface area (Å²) in [7, 11) is 0. The highest BCUT2D eigenvalue weighted by molar-refractivity contribution is 6.01. The fourth-order valence-corrected chi connectivity index (χ4v) is 2.61. The lowest BCUT2D eigenvalue weighted by molar-refractivity contribution is -0.158. The summed E-state index contributed by atoms with van der Waals surface area (Å²) in [4.78, 5) is 15.3. The lowest BCUT2D eigenvalue weighted by atomic mass is 9.89. The summed E-state index contributed by atoms with van der Waals surface area (Å²) in [6, 6.07) is -0.0102. The SMILES string of the molecule is NC1=NC(=O)C2(CCC3CCC2O3)O1. The van der Waals surface area contributed by atoms with Gasteiger partial charge < -0.3 is 15.2 Å². The average molecular weight is 196 g/mol. The van der Waals surface area contributed by atoms with Crippen LogP contribution in [0.2, 0.25) is 0 Å². The van der Waals surface area contributed by atoms with E-state index in [-0.39, 0.29) is 18.0 Å². The minimum Gasteiger partial charge on any atom is -0.445 e. The van der Waals surface area contributed by atoms with Gasteiger partial charge in [-0.05, 0) is 19.3 Å². The molecule has 2 N–H and O–H groups in total. The van der Waals surface area contributed by atoms with Crippen molar-refractivity contribution in [2.24, 2.45) is 10.7 Å². The number of carbonyl (C=O) groups is 1. The average Bonchev–Trinajstić information content (AvgIpc) is 2.65. The number of fused-ring (bicyclic) bond motifs is 3. The number of amidine groups is 1. The van der Waals surface area contributed by atoms with Crippen LogP contribution in [0.4, 0.5) is 0 Å². The second-order valence-electron chi connectivity index (χ2n) is 4.11. The van der Waals surface area contributed by atoms with Crippen LogP contribution in [0, 0.1) is 0 Å². The van der Waals surface area contributed by atoms with Gasteiger partial charge in [-0.3, -0.25) is 4.79 Å². The maximum absolute atomic E-state index is 11.7. The summed E-state index contributed by atoms with van der Waals surface area (Å²) >= 11 is 0. The van der Waals surface area contributed by atoms with Gasteiger partial charge in [-0.15, -0.1) is 0 Å². The third-order valence-electron chi connectivity index (χ3n) is 3.33. The molecule has 0 aliphatic carbocycles. The van der Waals surface area contributed by atoms with Crippen LogP contribution in [0.5, 0.6) is 0 Å². The normalized spacial score (nSPS) is 45.4. The van der Waals surface area contributed by atoms with Gasteiger partial charge in [-0.25, -0.2) is 0 Å². The third kappa shape index (κ3) is 0.877. The van der Waals surface area contributed by atoms with E-state index >= 15 is 0 Å². The highest BCUT2D eigenvalue weighted by atomic mass is 16.6. The molecular weight excluding hydrogens is 184 g/mol. The number of amides is 1. The van der Waals surface area contributed by atoms with Crippen LogP contribution in [-0.4, -0.2) is 29.7 Å². The van der Waals surface area contributed by atoms with E-state index in [1.807, 2.05) is 0 Å². The van der Waals surface area contributed by atoms with Crippen LogP contribution in [-0.2, 0) is 14.3 Å². The minimum atomic E-state index is -0.878. The Bertz CT molecular complexity index is 328. The van der Waals surface area contributed by atoms with Gasteiger partial charge in [0.1, 0.15) is 6.10 Å². The topological polar surface area (TPSA) is 73.9 Å². The number of carbonyl (C=O) groups excluding carboxylic acids is 1. The Morgan fingerprint density at radius 2 is 2.29 bits per heavy atom. The molecule has 2 bridgehead atoms.